The number of nitrogens with zero attached hydrogens (tertiary/aromatic N) is 1. The number of hydrogen-bond acceptors (Lipinski definition) is 1. The van der Waals surface area contributed by atoms with E-state index < -0.39 is 0 Å². The summed E-state index contributed by atoms with van der Waals surface area (Å²) in [4.78, 5) is 4.31. The molecule has 0 aliphatic heterocycles. The minimum Gasteiger partial charge on any atom is -0.264 e. The second kappa shape index (κ2) is 11.3. The van der Waals surface area contributed by atoms with Gasteiger partial charge in [-0.05, 0) is 59.7 Å². The van der Waals surface area contributed by atoms with Gasteiger partial charge in [0.1, 0.15) is 0 Å². The van der Waals surface area contributed by atoms with Crippen molar-refractivity contribution in [2.45, 2.75) is 61.8 Å². The predicted octanol–water partition coefficient (Wildman–Crippen LogP) is 8.02. The molecule has 0 amide bonds. The minimum atomic E-state index is 1.04. The molecule has 3 aromatic rings. The lowest BCUT2D eigenvalue weighted by Crippen LogP contribution is -1.85. The Morgan fingerprint density at radius 3 is 1.81 bits per heavy atom. The first-order chi connectivity index (χ1) is 13.2. The maximum atomic E-state index is 4.31. The molecule has 1 heteroatoms. The van der Waals surface area contributed by atoms with Crippen molar-refractivity contribution in [1.82, 2.24) is 4.98 Å². The van der Waals surface area contributed by atoms with E-state index in [2.05, 4.69) is 61.3 Å². The van der Waals surface area contributed by atoms with Gasteiger partial charge in [-0.2, -0.15) is 0 Å². The van der Waals surface area contributed by atoms with Crippen LogP contribution in [0.5, 0.6) is 0 Å². The highest BCUT2D eigenvalue weighted by molar-refractivity contribution is 5.80. The molecule has 0 N–H and O–H groups in total. The van der Waals surface area contributed by atoms with E-state index in [1.165, 1.54) is 44.5 Å². The normalized spacial score (nSPS) is 10.1. The molecule has 0 bridgehead atoms. The molecule has 2 aromatic carbocycles. The molecular weight excluding hydrogens is 326 g/mol. The molecule has 0 saturated carbocycles. The van der Waals surface area contributed by atoms with E-state index in [0.29, 0.717) is 0 Å². The van der Waals surface area contributed by atoms with Crippen molar-refractivity contribution >= 4 is 0 Å². The molecule has 1 heterocycles. The molecule has 0 atom stereocenters. The second-order valence-corrected chi connectivity index (χ2v) is 5.96. The van der Waals surface area contributed by atoms with E-state index in [9.17, 15) is 0 Å². The van der Waals surface area contributed by atoms with Crippen molar-refractivity contribution in [3.63, 3.8) is 0 Å². The van der Waals surface area contributed by atoms with Crippen molar-refractivity contribution in [3.8, 4) is 22.3 Å². The average Bonchev–Trinajstić information content (AvgIpc) is 3.09. The Kier molecular flexibility index (Phi) is 9.50. The standard InChI is InChI=1S/C20H17N.3C2H6/c1-13-3-5-19-16(7-13)10-17-9-15(4-6-20(17)19)18-8-14(2)11-21-12-18;3*1-2/h3-9,11-12H,10H2,1-2H3;3*1-2H3. The van der Waals surface area contributed by atoms with E-state index in [-0.39, 0.29) is 0 Å². The fourth-order valence-corrected chi connectivity index (χ4v) is 3.23. The van der Waals surface area contributed by atoms with Crippen LogP contribution in [0, 0.1) is 13.8 Å². The van der Waals surface area contributed by atoms with Gasteiger partial charge >= 0.3 is 0 Å². The van der Waals surface area contributed by atoms with Crippen LogP contribution in [-0.4, -0.2) is 4.98 Å². The van der Waals surface area contributed by atoms with Gasteiger partial charge in [0.2, 0.25) is 0 Å². The van der Waals surface area contributed by atoms with Crippen LogP contribution in [0.4, 0.5) is 0 Å². The van der Waals surface area contributed by atoms with E-state index in [1.54, 1.807) is 0 Å². The Hall–Kier alpha value is -2.41. The Balaban J connectivity index is 0.000000556. The zero-order chi connectivity index (χ0) is 20.4. The molecule has 1 nitrogen and oxygen atoms in total. The monoisotopic (exact) mass is 361 g/mol. The number of benzene rings is 2. The first-order valence-electron chi connectivity index (χ1n) is 10.4. The number of fused-ring (bicyclic) bond motifs is 3. The Morgan fingerprint density at radius 2 is 1.19 bits per heavy atom. The van der Waals surface area contributed by atoms with Crippen LogP contribution in [0.25, 0.3) is 22.3 Å². The second-order valence-electron chi connectivity index (χ2n) is 5.96. The Morgan fingerprint density at radius 1 is 0.593 bits per heavy atom. The summed E-state index contributed by atoms with van der Waals surface area (Å²) in [5.41, 5.74) is 10.6. The van der Waals surface area contributed by atoms with Gasteiger partial charge in [-0.3, -0.25) is 4.98 Å². The summed E-state index contributed by atoms with van der Waals surface area (Å²) >= 11 is 0. The number of aromatic nitrogens is 1. The first kappa shape index (κ1) is 22.6. The van der Waals surface area contributed by atoms with Crippen LogP contribution in [0.2, 0.25) is 0 Å². The van der Waals surface area contributed by atoms with Crippen molar-refractivity contribution < 1.29 is 0 Å². The SMILES string of the molecule is CC.CC.CC.Cc1cncc(-c2ccc3c(c2)Cc2cc(C)ccc2-3)c1. The molecular formula is C26H35N. The van der Waals surface area contributed by atoms with Crippen LogP contribution >= 0.6 is 0 Å². The molecule has 0 unspecified atom stereocenters. The highest BCUT2D eigenvalue weighted by Crippen LogP contribution is 2.38. The lowest BCUT2D eigenvalue weighted by molar-refractivity contribution is 1.24. The molecule has 4 rings (SSSR count). The van der Waals surface area contributed by atoms with Crippen LogP contribution in [-0.2, 0) is 6.42 Å². The molecule has 1 aliphatic carbocycles. The van der Waals surface area contributed by atoms with Gasteiger partial charge in [-0.15, -0.1) is 0 Å². The molecule has 0 saturated heterocycles. The molecule has 0 fully saturated rings. The highest BCUT2D eigenvalue weighted by atomic mass is 14.6. The fourth-order valence-electron chi connectivity index (χ4n) is 3.23. The summed E-state index contributed by atoms with van der Waals surface area (Å²) in [6.07, 6.45) is 4.88. The van der Waals surface area contributed by atoms with Crippen LogP contribution in [0.3, 0.4) is 0 Å². The third kappa shape index (κ3) is 5.29. The van der Waals surface area contributed by atoms with Gasteiger partial charge in [0.05, 0.1) is 0 Å². The quantitative estimate of drug-likeness (QED) is 0.334. The number of rotatable bonds is 1. The predicted molar refractivity (Wildman–Crippen MR) is 121 cm³/mol. The average molecular weight is 362 g/mol. The van der Waals surface area contributed by atoms with Gasteiger partial charge in [0.15, 0.2) is 0 Å². The largest absolute Gasteiger partial charge is 0.264 e. The van der Waals surface area contributed by atoms with Crippen LogP contribution in [0.1, 0.15) is 63.8 Å². The van der Waals surface area contributed by atoms with E-state index in [0.717, 1.165) is 6.42 Å². The Labute approximate surface area is 166 Å². The molecule has 1 aromatic heterocycles. The lowest BCUT2D eigenvalue weighted by Gasteiger charge is -2.06. The molecule has 1 aliphatic rings. The zero-order valence-electron chi connectivity index (χ0n) is 18.4. The Bertz CT molecular complexity index is 847. The lowest BCUT2D eigenvalue weighted by atomic mass is 9.99. The van der Waals surface area contributed by atoms with E-state index in [1.807, 2.05) is 53.9 Å². The van der Waals surface area contributed by atoms with E-state index in [4.69, 9.17) is 0 Å². The van der Waals surface area contributed by atoms with Gasteiger partial charge in [-0.25, -0.2) is 0 Å². The van der Waals surface area contributed by atoms with Crippen molar-refractivity contribution in [2.24, 2.45) is 0 Å². The van der Waals surface area contributed by atoms with Gasteiger partial charge in [-0.1, -0.05) is 83.5 Å². The molecule has 0 spiro atoms. The summed E-state index contributed by atoms with van der Waals surface area (Å²) < 4.78 is 0. The van der Waals surface area contributed by atoms with E-state index >= 15 is 0 Å². The third-order valence-corrected chi connectivity index (χ3v) is 4.25. The van der Waals surface area contributed by atoms with Crippen molar-refractivity contribution in [3.05, 3.63) is 77.1 Å². The maximum Gasteiger partial charge on any atom is 0.0346 e. The smallest absolute Gasteiger partial charge is 0.0346 e. The fraction of sp³-hybridized carbons (Fsp3) is 0.346. The third-order valence-electron chi connectivity index (χ3n) is 4.25. The first-order valence-corrected chi connectivity index (χ1v) is 10.4. The molecule has 0 radical (unpaired) electrons. The number of aryl methyl sites for hydroxylation is 2. The summed E-state index contributed by atoms with van der Waals surface area (Å²) in [6, 6.07) is 15.8. The summed E-state index contributed by atoms with van der Waals surface area (Å²) in [5, 5.41) is 0. The molecule has 144 valence electrons. The minimum absolute atomic E-state index is 1.04. The molecule has 27 heavy (non-hydrogen) atoms. The maximum absolute atomic E-state index is 4.31. The summed E-state index contributed by atoms with van der Waals surface area (Å²) in [5.74, 6) is 0. The van der Waals surface area contributed by atoms with Crippen molar-refractivity contribution in [2.75, 3.05) is 0 Å². The summed E-state index contributed by atoms with van der Waals surface area (Å²) in [6.45, 7) is 16.2. The van der Waals surface area contributed by atoms with Crippen LogP contribution in [0.15, 0.2) is 54.9 Å². The van der Waals surface area contributed by atoms with Crippen molar-refractivity contribution in [1.29, 1.82) is 0 Å². The topological polar surface area (TPSA) is 12.9 Å². The van der Waals surface area contributed by atoms with Gasteiger partial charge in [0.25, 0.3) is 0 Å². The highest BCUT2D eigenvalue weighted by Gasteiger charge is 2.18. The van der Waals surface area contributed by atoms with Crippen LogP contribution < -0.4 is 0 Å². The zero-order valence-corrected chi connectivity index (χ0v) is 18.4. The van der Waals surface area contributed by atoms with Gasteiger partial charge in [0, 0.05) is 18.0 Å². The van der Waals surface area contributed by atoms with Gasteiger partial charge < -0.3 is 0 Å². The number of hydrogen-bond donors (Lipinski definition) is 0. The summed E-state index contributed by atoms with van der Waals surface area (Å²) in [7, 11) is 0. The number of pyridine rings is 1.